The Morgan fingerprint density at radius 1 is 1.26 bits per heavy atom. The monoisotopic (exact) mass is 366 g/mol. The van der Waals surface area contributed by atoms with E-state index in [2.05, 4.69) is 25.1 Å². The lowest BCUT2D eigenvalue weighted by atomic mass is 10.1. The number of hydrogen-bond donors (Lipinski definition) is 1. The maximum atomic E-state index is 14.1. The Labute approximate surface area is 159 Å². The maximum absolute atomic E-state index is 14.1. The summed E-state index contributed by atoms with van der Waals surface area (Å²) < 4.78 is 14.1. The molecule has 2 aromatic rings. The molecule has 1 aliphatic heterocycles. The number of guanidine groups is 1. The molecule has 0 radical (unpaired) electrons. The summed E-state index contributed by atoms with van der Waals surface area (Å²) in [5, 5.41) is 12.1. The van der Waals surface area contributed by atoms with Gasteiger partial charge in [0, 0.05) is 44.5 Å². The molecule has 0 aliphatic carbocycles. The van der Waals surface area contributed by atoms with Crippen LogP contribution < -0.4 is 10.2 Å². The van der Waals surface area contributed by atoms with Gasteiger partial charge in [0.25, 0.3) is 0 Å². The molecule has 1 aromatic carbocycles. The van der Waals surface area contributed by atoms with Crippen molar-refractivity contribution in [2.45, 2.75) is 13.5 Å². The van der Waals surface area contributed by atoms with Crippen molar-refractivity contribution in [2.75, 3.05) is 37.6 Å². The molecule has 7 heteroatoms. The zero-order chi connectivity index (χ0) is 19.1. The zero-order valence-corrected chi connectivity index (χ0v) is 15.4. The lowest BCUT2D eigenvalue weighted by molar-refractivity contribution is 0.371. The first-order valence-electron chi connectivity index (χ1n) is 9.09. The van der Waals surface area contributed by atoms with Crippen LogP contribution in [0.4, 0.5) is 10.2 Å². The van der Waals surface area contributed by atoms with E-state index >= 15 is 0 Å². The van der Waals surface area contributed by atoms with Crippen LogP contribution in [0.3, 0.4) is 0 Å². The first-order chi connectivity index (χ1) is 13.2. The number of halogens is 1. The fourth-order valence-electron chi connectivity index (χ4n) is 3.02. The Morgan fingerprint density at radius 2 is 2.07 bits per heavy atom. The van der Waals surface area contributed by atoms with E-state index in [9.17, 15) is 4.39 Å². The van der Waals surface area contributed by atoms with Crippen molar-refractivity contribution in [1.82, 2.24) is 15.2 Å². The van der Waals surface area contributed by atoms with Crippen LogP contribution >= 0.6 is 0 Å². The Bertz CT molecular complexity index is 822. The normalized spacial score (nSPS) is 14.8. The topological polar surface area (TPSA) is 67.6 Å². The largest absolute Gasteiger partial charge is 0.357 e. The number of pyridine rings is 1. The molecule has 1 saturated heterocycles. The van der Waals surface area contributed by atoms with Gasteiger partial charge >= 0.3 is 0 Å². The SMILES string of the molecule is CCNC(=NCc1ccc(C#N)cc1F)N1CCN(c2ccccn2)CC1. The number of benzene rings is 1. The van der Waals surface area contributed by atoms with E-state index in [-0.39, 0.29) is 6.54 Å². The van der Waals surface area contributed by atoms with Crippen molar-refractivity contribution in [3.8, 4) is 6.07 Å². The zero-order valence-electron chi connectivity index (χ0n) is 15.4. The molecule has 6 nitrogen and oxygen atoms in total. The summed E-state index contributed by atoms with van der Waals surface area (Å²) in [6.07, 6.45) is 1.80. The van der Waals surface area contributed by atoms with Crippen LogP contribution in [0, 0.1) is 17.1 Å². The van der Waals surface area contributed by atoms with Crippen molar-refractivity contribution >= 4 is 11.8 Å². The minimum Gasteiger partial charge on any atom is -0.357 e. The van der Waals surface area contributed by atoms with E-state index in [1.165, 1.54) is 6.07 Å². The lowest BCUT2D eigenvalue weighted by Gasteiger charge is -2.37. The molecular formula is C20H23FN6. The van der Waals surface area contributed by atoms with Gasteiger partial charge in [-0.2, -0.15) is 5.26 Å². The minimum absolute atomic E-state index is 0.236. The first-order valence-corrected chi connectivity index (χ1v) is 9.09. The molecule has 1 aliphatic rings. The van der Waals surface area contributed by atoms with Crippen LogP contribution in [0.5, 0.6) is 0 Å². The van der Waals surface area contributed by atoms with Gasteiger partial charge in [-0.25, -0.2) is 14.4 Å². The number of nitrogens with one attached hydrogen (secondary N) is 1. The van der Waals surface area contributed by atoms with Gasteiger partial charge in [0.05, 0.1) is 18.2 Å². The maximum Gasteiger partial charge on any atom is 0.194 e. The van der Waals surface area contributed by atoms with Crippen LogP contribution in [0.2, 0.25) is 0 Å². The molecule has 0 spiro atoms. The van der Waals surface area contributed by atoms with Crippen LogP contribution in [0.15, 0.2) is 47.6 Å². The molecule has 27 heavy (non-hydrogen) atoms. The van der Waals surface area contributed by atoms with Crippen LogP contribution in [0.25, 0.3) is 0 Å². The quantitative estimate of drug-likeness (QED) is 0.665. The molecule has 0 unspecified atom stereocenters. The highest BCUT2D eigenvalue weighted by molar-refractivity contribution is 5.80. The van der Waals surface area contributed by atoms with E-state index in [0.717, 1.165) is 44.5 Å². The van der Waals surface area contributed by atoms with Crippen LogP contribution in [0.1, 0.15) is 18.1 Å². The summed E-state index contributed by atoms with van der Waals surface area (Å²) in [6.45, 7) is 6.34. The van der Waals surface area contributed by atoms with Gasteiger partial charge in [-0.1, -0.05) is 12.1 Å². The highest BCUT2D eigenvalue weighted by Gasteiger charge is 2.20. The number of hydrogen-bond acceptors (Lipinski definition) is 4. The number of rotatable bonds is 4. The Hall–Kier alpha value is -3.14. The number of nitriles is 1. The fraction of sp³-hybridized carbons (Fsp3) is 0.350. The fourth-order valence-corrected chi connectivity index (χ4v) is 3.02. The number of aliphatic imine (C=N–C) groups is 1. The van der Waals surface area contributed by atoms with Crippen LogP contribution in [-0.2, 0) is 6.54 Å². The van der Waals surface area contributed by atoms with Gasteiger partial charge < -0.3 is 15.1 Å². The van der Waals surface area contributed by atoms with E-state index < -0.39 is 5.82 Å². The third-order valence-corrected chi connectivity index (χ3v) is 4.47. The molecule has 1 N–H and O–H groups in total. The average Bonchev–Trinajstić information content (AvgIpc) is 2.72. The summed E-state index contributed by atoms with van der Waals surface area (Å²) in [5.74, 6) is 1.37. The van der Waals surface area contributed by atoms with Crippen molar-refractivity contribution < 1.29 is 4.39 Å². The molecular weight excluding hydrogens is 343 g/mol. The molecule has 0 saturated carbocycles. The van der Waals surface area contributed by atoms with Crippen molar-refractivity contribution in [1.29, 1.82) is 5.26 Å². The van der Waals surface area contributed by atoms with E-state index in [4.69, 9.17) is 5.26 Å². The molecule has 3 rings (SSSR count). The Balaban J connectivity index is 1.65. The second-order valence-electron chi connectivity index (χ2n) is 6.25. The number of anilines is 1. The van der Waals surface area contributed by atoms with Crippen molar-refractivity contribution in [2.24, 2.45) is 4.99 Å². The van der Waals surface area contributed by atoms with Gasteiger partial charge in [-0.3, -0.25) is 0 Å². The highest BCUT2D eigenvalue weighted by Crippen LogP contribution is 2.14. The predicted molar refractivity (Wildman–Crippen MR) is 104 cm³/mol. The molecule has 2 heterocycles. The van der Waals surface area contributed by atoms with Gasteiger partial charge in [0.15, 0.2) is 5.96 Å². The van der Waals surface area contributed by atoms with Gasteiger partial charge in [0.1, 0.15) is 11.6 Å². The predicted octanol–water partition coefficient (Wildman–Crippen LogP) is 2.38. The Morgan fingerprint density at radius 3 is 2.70 bits per heavy atom. The summed E-state index contributed by atoms with van der Waals surface area (Å²) in [4.78, 5) is 13.4. The summed E-state index contributed by atoms with van der Waals surface area (Å²) in [5.41, 5.74) is 0.800. The molecule has 140 valence electrons. The number of nitrogens with zero attached hydrogens (tertiary/aromatic N) is 5. The lowest BCUT2D eigenvalue weighted by Crippen LogP contribution is -2.52. The third kappa shape index (κ3) is 4.73. The van der Waals surface area contributed by atoms with Crippen molar-refractivity contribution in [3.05, 3.63) is 59.5 Å². The van der Waals surface area contributed by atoms with Gasteiger partial charge in [-0.05, 0) is 31.2 Å². The molecule has 0 atom stereocenters. The minimum atomic E-state index is -0.395. The summed E-state index contributed by atoms with van der Waals surface area (Å²) >= 11 is 0. The van der Waals surface area contributed by atoms with E-state index in [1.807, 2.05) is 31.2 Å². The van der Waals surface area contributed by atoms with Gasteiger partial charge in [0.2, 0.25) is 0 Å². The smallest absolute Gasteiger partial charge is 0.194 e. The number of aromatic nitrogens is 1. The van der Waals surface area contributed by atoms with Crippen molar-refractivity contribution in [3.63, 3.8) is 0 Å². The highest BCUT2D eigenvalue weighted by atomic mass is 19.1. The first kappa shape index (κ1) is 18.6. The third-order valence-electron chi connectivity index (χ3n) is 4.47. The standard InChI is InChI=1S/C20H23FN6/c1-2-23-20(25-15-17-7-6-16(14-22)13-18(17)21)27-11-9-26(10-12-27)19-5-3-4-8-24-19/h3-8,13H,2,9-12,15H2,1H3,(H,23,25). The molecule has 0 amide bonds. The summed E-state index contributed by atoms with van der Waals surface area (Å²) in [7, 11) is 0. The average molecular weight is 366 g/mol. The van der Waals surface area contributed by atoms with Gasteiger partial charge in [-0.15, -0.1) is 0 Å². The second-order valence-corrected chi connectivity index (χ2v) is 6.25. The second kappa shape index (κ2) is 8.99. The molecule has 0 bridgehead atoms. The molecule has 1 aromatic heterocycles. The number of piperazine rings is 1. The summed E-state index contributed by atoms with van der Waals surface area (Å²) in [6, 6.07) is 12.4. The van der Waals surface area contributed by atoms with Crippen LogP contribution in [-0.4, -0.2) is 48.6 Å². The van der Waals surface area contributed by atoms with E-state index in [0.29, 0.717) is 11.1 Å². The van der Waals surface area contributed by atoms with E-state index in [1.54, 1.807) is 18.3 Å². The Kier molecular flexibility index (Phi) is 6.21. The molecule has 1 fully saturated rings.